The van der Waals surface area contributed by atoms with Gasteiger partial charge in [0.25, 0.3) is 0 Å². The van der Waals surface area contributed by atoms with Crippen molar-refractivity contribution in [2.75, 3.05) is 13.3 Å². The Bertz CT molecular complexity index is 768. The van der Waals surface area contributed by atoms with E-state index in [1.165, 1.54) is 30.4 Å². The van der Waals surface area contributed by atoms with Gasteiger partial charge in [0.15, 0.2) is 17.3 Å². The second kappa shape index (κ2) is 6.62. The van der Waals surface area contributed by atoms with Gasteiger partial charge in [-0.3, -0.25) is 9.59 Å². The fraction of sp³-hybridized carbons (Fsp3) is 0.294. The van der Waals surface area contributed by atoms with Crippen LogP contribution in [0.3, 0.4) is 0 Å². The zero-order valence-corrected chi connectivity index (χ0v) is 13.0. The van der Waals surface area contributed by atoms with Crippen molar-refractivity contribution in [3.05, 3.63) is 41.5 Å². The Morgan fingerprint density at radius 1 is 1.08 bits per heavy atom. The highest BCUT2D eigenvalue weighted by Gasteiger charge is 2.42. The molecule has 0 N–H and O–H groups in total. The van der Waals surface area contributed by atoms with Gasteiger partial charge in [0.05, 0.1) is 0 Å². The van der Waals surface area contributed by atoms with Crippen LogP contribution in [0.2, 0.25) is 0 Å². The lowest BCUT2D eigenvalue weighted by molar-refractivity contribution is -0.186. The number of benzene rings is 1. The molecule has 0 saturated carbocycles. The van der Waals surface area contributed by atoms with Crippen molar-refractivity contribution < 1.29 is 32.2 Å². The molecular formula is C17H14F3NO4. The van der Waals surface area contributed by atoms with Crippen LogP contribution >= 0.6 is 0 Å². The molecule has 132 valence electrons. The van der Waals surface area contributed by atoms with Crippen LogP contribution in [0.4, 0.5) is 13.2 Å². The van der Waals surface area contributed by atoms with E-state index in [1.807, 2.05) is 0 Å². The van der Waals surface area contributed by atoms with Gasteiger partial charge in [0.1, 0.15) is 0 Å². The van der Waals surface area contributed by atoms with E-state index in [-0.39, 0.29) is 32.1 Å². The molecule has 0 radical (unpaired) electrons. The van der Waals surface area contributed by atoms with E-state index in [9.17, 15) is 22.8 Å². The van der Waals surface area contributed by atoms with E-state index in [2.05, 4.69) is 0 Å². The van der Waals surface area contributed by atoms with Gasteiger partial charge in [-0.15, -0.1) is 0 Å². The van der Waals surface area contributed by atoms with Crippen molar-refractivity contribution in [2.24, 2.45) is 0 Å². The maximum Gasteiger partial charge on any atom is 0.471 e. The maximum atomic E-state index is 12.9. The van der Waals surface area contributed by atoms with Crippen LogP contribution in [0.15, 0.2) is 30.4 Å². The summed E-state index contributed by atoms with van der Waals surface area (Å²) >= 11 is 0. The minimum absolute atomic E-state index is 0.00874. The summed E-state index contributed by atoms with van der Waals surface area (Å²) in [6.45, 7) is -0.401. The van der Waals surface area contributed by atoms with Crippen LogP contribution in [0.5, 0.6) is 11.5 Å². The number of ether oxygens (including phenoxy) is 2. The molecule has 0 spiro atoms. The lowest BCUT2D eigenvalue weighted by atomic mass is 10.0. The van der Waals surface area contributed by atoms with Crippen LogP contribution in [-0.4, -0.2) is 36.1 Å². The van der Waals surface area contributed by atoms with E-state index in [0.29, 0.717) is 22.6 Å². The van der Waals surface area contributed by atoms with Gasteiger partial charge in [-0.1, -0.05) is 12.2 Å². The first-order chi connectivity index (χ1) is 11.8. The number of hydrogen-bond acceptors (Lipinski definition) is 4. The molecule has 0 unspecified atom stereocenters. The summed E-state index contributed by atoms with van der Waals surface area (Å²) in [6.07, 6.45) is 0.702. The molecule has 2 aliphatic heterocycles. The molecule has 0 saturated heterocycles. The predicted octanol–water partition coefficient (Wildman–Crippen LogP) is 2.85. The highest BCUT2D eigenvalue weighted by Crippen LogP contribution is 2.36. The van der Waals surface area contributed by atoms with E-state index < -0.39 is 12.1 Å². The molecule has 0 aromatic heterocycles. The molecule has 0 fully saturated rings. The molecule has 0 aliphatic carbocycles. The van der Waals surface area contributed by atoms with Crippen LogP contribution in [0.1, 0.15) is 17.5 Å². The molecule has 0 atom stereocenters. The number of allylic oxidation sites excluding steroid dienone is 2. The van der Waals surface area contributed by atoms with Crippen LogP contribution in [-0.2, 0) is 16.1 Å². The second-order valence-electron chi connectivity index (χ2n) is 5.56. The fourth-order valence-electron chi connectivity index (χ4n) is 2.59. The molecule has 1 aromatic carbocycles. The second-order valence-corrected chi connectivity index (χ2v) is 5.56. The zero-order valence-electron chi connectivity index (χ0n) is 13.0. The summed E-state index contributed by atoms with van der Waals surface area (Å²) in [7, 11) is 0. The lowest BCUT2D eigenvalue weighted by Crippen LogP contribution is -2.41. The molecule has 2 aliphatic rings. The number of carbonyl (C=O) groups is 2. The van der Waals surface area contributed by atoms with Crippen LogP contribution in [0, 0.1) is 0 Å². The summed E-state index contributed by atoms with van der Waals surface area (Å²) in [6, 6.07) is 3.12. The molecule has 2 heterocycles. The monoisotopic (exact) mass is 353 g/mol. The normalized spacial score (nSPS) is 18.5. The zero-order chi connectivity index (χ0) is 18.0. The highest BCUT2D eigenvalue weighted by atomic mass is 19.4. The third-order valence-electron chi connectivity index (χ3n) is 3.80. The van der Waals surface area contributed by atoms with Crippen molar-refractivity contribution in [1.82, 2.24) is 4.90 Å². The van der Waals surface area contributed by atoms with Gasteiger partial charge in [-0.05, 0) is 41.8 Å². The summed E-state index contributed by atoms with van der Waals surface area (Å²) in [4.78, 5) is 24.2. The first-order valence-electron chi connectivity index (χ1n) is 7.52. The molecule has 5 nitrogen and oxygen atoms in total. The topological polar surface area (TPSA) is 55.8 Å². The molecule has 1 aromatic rings. The highest BCUT2D eigenvalue weighted by molar-refractivity contribution is 6.02. The molecule has 0 bridgehead atoms. The Morgan fingerprint density at radius 2 is 1.80 bits per heavy atom. The van der Waals surface area contributed by atoms with Crippen molar-refractivity contribution in [3.63, 3.8) is 0 Å². The Labute approximate surface area is 141 Å². The minimum Gasteiger partial charge on any atom is -0.454 e. The third-order valence-corrected chi connectivity index (χ3v) is 3.80. The number of halogens is 3. The Kier molecular flexibility index (Phi) is 4.52. The Morgan fingerprint density at radius 3 is 2.52 bits per heavy atom. The van der Waals surface area contributed by atoms with Crippen LogP contribution < -0.4 is 9.47 Å². The van der Waals surface area contributed by atoms with Crippen molar-refractivity contribution in [2.45, 2.75) is 19.1 Å². The summed E-state index contributed by atoms with van der Waals surface area (Å²) in [5, 5.41) is 0. The van der Waals surface area contributed by atoms with Gasteiger partial charge in [0, 0.05) is 13.1 Å². The molecule has 8 heteroatoms. The SMILES string of the molecule is O=C1C=Cc2cc3c(cc2CN(C(=O)C(F)(F)F)CC/C=C\1)OCO3. The third kappa shape index (κ3) is 3.84. The first kappa shape index (κ1) is 17.1. The first-order valence-corrected chi connectivity index (χ1v) is 7.52. The number of alkyl halides is 3. The van der Waals surface area contributed by atoms with Gasteiger partial charge in [-0.25, -0.2) is 0 Å². The van der Waals surface area contributed by atoms with E-state index >= 15 is 0 Å². The molecular weight excluding hydrogens is 339 g/mol. The number of ketones is 1. The Balaban J connectivity index is 2.02. The molecule has 3 rings (SSSR count). The molecule has 1 amide bonds. The Hall–Kier alpha value is -2.77. The lowest BCUT2D eigenvalue weighted by Gasteiger charge is -2.24. The number of amides is 1. The van der Waals surface area contributed by atoms with Gasteiger partial charge < -0.3 is 14.4 Å². The average molecular weight is 353 g/mol. The van der Waals surface area contributed by atoms with E-state index in [1.54, 1.807) is 6.07 Å². The quantitative estimate of drug-likeness (QED) is 0.720. The minimum atomic E-state index is -4.97. The number of hydrogen-bond donors (Lipinski definition) is 0. The average Bonchev–Trinajstić information content (AvgIpc) is 2.99. The molecule has 25 heavy (non-hydrogen) atoms. The van der Waals surface area contributed by atoms with Gasteiger partial charge >= 0.3 is 12.1 Å². The van der Waals surface area contributed by atoms with Crippen molar-refractivity contribution >= 4 is 17.8 Å². The number of nitrogens with zero attached hydrogens (tertiary/aromatic N) is 1. The number of carbonyl (C=O) groups excluding carboxylic acids is 2. The summed E-state index contributed by atoms with van der Waals surface area (Å²) < 4.78 is 49.1. The van der Waals surface area contributed by atoms with Crippen molar-refractivity contribution in [3.8, 4) is 11.5 Å². The fourth-order valence-corrected chi connectivity index (χ4v) is 2.59. The van der Waals surface area contributed by atoms with E-state index in [4.69, 9.17) is 9.47 Å². The number of rotatable bonds is 0. The van der Waals surface area contributed by atoms with Crippen molar-refractivity contribution in [1.29, 1.82) is 0 Å². The van der Waals surface area contributed by atoms with Gasteiger partial charge in [-0.2, -0.15) is 13.2 Å². The van der Waals surface area contributed by atoms with E-state index in [0.717, 1.165) is 4.90 Å². The maximum absolute atomic E-state index is 12.9. The largest absolute Gasteiger partial charge is 0.471 e. The summed E-state index contributed by atoms with van der Waals surface area (Å²) in [5.74, 6) is -1.38. The summed E-state index contributed by atoms with van der Waals surface area (Å²) in [5.41, 5.74) is 0.931. The number of fused-ring (bicyclic) bond motifs is 2. The van der Waals surface area contributed by atoms with Crippen LogP contribution in [0.25, 0.3) is 6.08 Å². The predicted molar refractivity (Wildman–Crippen MR) is 81.8 cm³/mol. The standard InChI is InChI=1S/C17H14F3NO4/c18-17(19,20)16(23)21-6-2-1-3-13(22)5-4-11-7-14-15(25-10-24-14)8-12(11)9-21/h1,3-5,7-8H,2,6,9-10H2/b3-1-,5-4?. The van der Waals surface area contributed by atoms with Gasteiger partial charge in [0.2, 0.25) is 6.79 Å². The smallest absolute Gasteiger partial charge is 0.454 e.